The number of rotatable bonds is 2. The molecule has 0 spiro atoms. The Balaban J connectivity index is 2.51. The highest BCUT2D eigenvalue weighted by Gasteiger charge is 2.08. The first-order valence-electron chi connectivity index (χ1n) is 4.69. The van der Waals surface area contributed by atoms with Crippen LogP contribution >= 0.6 is 27.5 Å². The van der Waals surface area contributed by atoms with E-state index in [0.29, 0.717) is 11.6 Å². The van der Waals surface area contributed by atoms with Crippen LogP contribution in [0.4, 0.5) is 0 Å². The standard InChI is InChI=1S/C10H10BrClN4/c1-6-2-8(11)10(3-9(6)12)16-5-7(4-13)14-15-16/h2-3,5H,4,13H2,1H3. The summed E-state index contributed by atoms with van der Waals surface area (Å²) in [4.78, 5) is 0. The maximum absolute atomic E-state index is 6.07. The first kappa shape index (κ1) is 11.6. The molecule has 0 amide bonds. The number of aryl methyl sites for hydroxylation is 1. The van der Waals surface area contributed by atoms with Crippen LogP contribution in [0, 0.1) is 6.92 Å². The summed E-state index contributed by atoms with van der Waals surface area (Å²) in [6.07, 6.45) is 1.78. The van der Waals surface area contributed by atoms with Crippen molar-refractivity contribution in [3.8, 4) is 5.69 Å². The van der Waals surface area contributed by atoms with Gasteiger partial charge in [-0.05, 0) is 40.5 Å². The van der Waals surface area contributed by atoms with Gasteiger partial charge >= 0.3 is 0 Å². The van der Waals surface area contributed by atoms with Crippen molar-refractivity contribution in [1.29, 1.82) is 0 Å². The second-order valence-electron chi connectivity index (χ2n) is 3.41. The fourth-order valence-electron chi connectivity index (χ4n) is 1.32. The van der Waals surface area contributed by atoms with E-state index in [2.05, 4.69) is 26.2 Å². The van der Waals surface area contributed by atoms with Crippen molar-refractivity contribution in [2.24, 2.45) is 5.73 Å². The number of nitrogens with zero attached hydrogens (tertiary/aromatic N) is 3. The zero-order valence-corrected chi connectivity index (χ0v) is 11.0. The third-order valence-electron chi connectivity index (χ3n) is 2.22. The molecule has 2 aromatic rings. The third-order valence-corrected chi connectivity index (χ3v) is 3.27. The summed E-state index contributed by atoms with van der Waals surface area (Å²) in [5.74, 6) is 0. The summed E-state index contributed by atoms with van der Waals surface area (Å²) in [5, 5.41) is 8.61. The largest absolute Gasteiger partial charge is 0.325 e. The van der Waals surface area contributed by atoms with Crippen molar-refractivity contribution in [3.63, 3.8) is 0 Å². The van der Waals surface area contributed by atoms with Crippen LogP contribution < -0.4 is 5.73 Å². The topological polar surface area (TPSA) is 56.7 Å². The minimum atomic E-state index is 0.372. The number of hydrogen-bond donors (Lipinski definition) is 1. The van der Waals surface area contributed by atoms with Gasteiger partial charge in [0.2, 0.25) is 0 Å². The average molecular weight is 302 g/mol. The van der Waals surface area contributed by atoms with Gasteiger partial charge in [-0.3, -0.25) is 0 Å². The predicted molar refractivity (Wildman–Crippen MR) is 66.7 cm³/mol. The molecule has 84 valence electrons. The maximum atomic E-state index is 6.07. The van der Waals surface area contributed by atoms with E-state index in [9.17, 15) is 0 Å². The van der Waals surface area contributed by atoms with Gasteiger partial charge in [0.25, 0.3) is 0 Å². The smallest absolute Gasteiger partial charge is 0.0967 e. The van der Waals surface area contributed by atoms with Crippen molar-refractivity contribution >= 4 is 27.5 Å². The SMILES string of the molecule is Cc1cc(Br)c(-n2cc(CN)nn2)cc1Cl. The van der Waals surface area contributed by atoms with Gasteiger partial charge in [-0.2, -0.15) is 0 Å². The molecule has 6 heteroatoms. The van der Waals surface area contributed by atoms with E-state index in [1.165, 1.54) is 0 Å². The van der Waals surface area contributed by atoms with Crippen molar-refractivity contribution in [2.45, 2.75) is 13.5 Å². The van der Waals surface area contributed by atoms with E-state index in [1.54, 1.807) is 10.9 Å². The minimum absolute atomic E-state index is 0.372. The first-order valence-corrected chi connectivity index (χ1v) is 5.86. The molecule has 1 aromatic heterocycles. The summed E-state index contributed by atoms with van der Waals surface area (Å²) >= 11 is 9.54. The van der Waals surface area contributed by atoms with E-state index in [0.717, 1.165) is 21.4 Å². The molecule has 0 radical (unpaired) electrons. The van der Waals surface area contributed by atoms with E-state index in [-0.39, 0.29) is 0 Å². The van der Waals surface area contributed by atoms with Crippen molar-refractivity contribution in [2.75, 3.05) is 0 Å². The van der Waals surface area contributed by atoms with Gasteiger partial charge in [-0.25, -0.2) is 4.68 Å². The fourth-order valence-corrected chi connectivity index (χ4v) is 2.12. The van der Waals surface area contributed by atoms with E-state index < -0.39 is 0 Å². The lowest BCUT2D eigenvalue weighted by molar-refractivity contribution is 0.794. The molecule has 1 aromatic carbocycles. The van der Waals surface area contributed by atoms with Gasteiger partial charge in [0.15, 0.2) is 0 Å². The predicted octanol–water partition coefficient (Wildman–Crippen LogP) is 2.45. The number of aromatic nitrogens is 3. The average Bonchev–Trinajstić information content (AvgIpc) is 2.71. The molecular formula is C10H10BrClN4. The van der Waals surface area contributed by atoms with Crippen LogP contribution in [0.1, 0.15) is 11.3 Å². The molecule has 1 heterocycles. The van der Waals surface area contributed by atoms with Gasteiger partial charge in [0, 0.05) is 16.0 Å². The molecule has 2 rings (SSSR count). The van der Waals surface area contributed by atoms with Crippen LogP contribution in [0.3, 0.4) is 0 Å². The molecule has 0 atom stereocenters. The highest BCUT2D eigenvalue weighted by atomic mass is 79.9. The van der Waals surface area contributed by atoms with Gasteiger partial charge in [-0.1, -0.05) is 16.8 Å². The van der Waals surface area contributed by atoms with Crippen LogP contribution in [-0.2, 0) is 6.54 Å². The zero-order chi connectivity index (χ0) is 11.7. The van der Waals surface area contributed by atoms with Gasteiger partial charge < -0.3 is 5.73 Å². The molecule has 0 unspecified atom stereocenters. The Morgan fingerprint density at radius 1 is 1.50 bits per heavy atom. The van der Waals surface area contributed by atoms with Crippen LogP contribution in [0.2, 0.25) is 5.02 Å². The lowest BCUT2D eigenvalue weighted by atomic mass is 10.2. The Morgan fingerprint density at radius 2 is 2.25 bits per heavy atom. The summed E-state index contributed by atoms with van der Waals surface area (Å²) in [7, 11) is 0. The Hall–Kier alpha value is -0.910. The van der Waals surface area contributed by atoms with Crippen LogP contribution in [0.15, 0.2) is 22.8 Å². The fraction of sp³-hybridized carbons (Fsp3) is 0.200. The third kappa shape index (κ3) is 2.11. The number of hydrogen-bond acceptors (Lipinski definition) is 3. The molecule has 0 bridgehead atoms. The Morgan fingerprint density at radius 3 is 2.88 bits per heavy atom. The minimum Gasteiger partial charge on any atom is -0.325 e. The highest BCUT2D eigenvalue weighted by Crippen LogP contribution is 2.27. The molecule has 0 aliphatic carbocycles. The summed E-state index contributed by atoms with van der Waals surface area (Å²) in [5.41, 5.74) is 8.08. The van der Waals surface area contributed by atoms with E-state index in [1.807, 2.05) is 19.1 Å². The summed E-state index contributed by atoms with van der Waals surface area (Å²) in [6.45, 7) is 2.32. The second-order valence-corrected chi connectivity index (χ2v) is 4.67. The summed E-state index contributed by atoms with van der Waals surface area (Å²) in [6, 6.07) is 3.79. The molecule has 4 nitrogen and oxygen atoms in total. The number of nitrogens with two attached hydrogens (primary N) is 1. The molecule has 0 aliphatic heterocycles. The molecule has 0 fully saturated rings. The van der Waals surface area contributed by atoms with Gasteiger partial charge in [-0.15, -0.1) is 5.10 Å². The van der Waals surface area contributed by atoms with Crippen molar-refractivity contribution < 1.29 is 0 Å². The second kappa shape index (κ2) is 4.53. The van der Waals surface area contributed by atoms with E-state index >= 15 is 0 Å². The van der Waals surface area contributed by atoms with Crippen LogP contribution in [0.25, 0.3) is 5.69 Å². The Labute approximate surface area is 107 Å². The quantitative estimate of drug-likeness (QED) is 0.927. The molecule has 0 saturated carbocycles. The molecule has 16 heavy (non-hydrogen) atoms. The monoisotopic (exact) mass is 300 g/mol. The number of benzene rings is 1. The van der Waals surface area contributed by atoms with Gasteiger partial charge in [0.05, 0.1) is 17.6 Å². The molecule has 0 aliphatic rings. The van der Waals surface area contributed by atoms with Crippen molar-refractivity contribution in [3.05, 3.63) is 39.1 Å². The zero-order valence-electron chi connectivity index (χ0n) is 8.61. The molecule has 0 saturated heterocycles. The van der Waals surface area contributed by atoms with Gasteiger partial charge in [0.1, 0.15) is 0 Å². The Bertz CT molecular complexity index is 524. The van der Waals surface area contributed by atoms with Crippen LogP contribution in [-0.4, -0.2) is 15.0 Å². The summed E-state index contributed by atoms with van der Waals surface area (Å²) < 4.78 is 2.57. The first-order chi connectivity index (χ1) is 7.61. The Kier molecular flexibility index (Phi) is 3.28. The molecular weight excluding hydrogens is 291 g/mol. The van der Waals surface area contributed by atoms with Crippen molar-refractivity contribution in [1.82, 2.24) is 15.0 Å². The van der Waals surface area contributed by atoms with Crippen LogP contribution in [0.5, 0.6) is 0 Å². The normalized spacial score (nSPS) is 10.8. The van der Waals surface area contributed by atoms with E-state index in [4.69, 9.17) is 17.3 Å². The highest BCUT2D eigenvalue weighted by molar-refractivity contribution is 9.10. The maximum Gasteiger partial charge on any atom is 0.0967 e. The lowest BCUT2D eigenvalue weighted by Crippen LogP contribution is -1.97. The molecule has 2 N–H and O–H groups in total. The lowest BCUT2D eigenvalue weighted by Gasteiger charge is -2.06. The number of halogens is 2.